The van der Waals surface area contributed by atoms with E-state index in [4.69, 9.17) is 10.5 Å². The van der Waals surface area contributed by atoms with Crippen molar-refractivity contribution in [2.75, 3.05) is 30.3 Å². The van der Waals surface area contributed by atoms with Gasteiger partial charge >= 0.3 is 5.97 Å². The van der Waals surface area contributed by atoms with Gasteiger partial charge in [0.25, 0.3) is 0 Å². The molecule has 1 saturated heterocycles. The predicted octanol–water partition coefficient (Wildman–Crippen LogP) is 3.07. The molecule has 1 aliphatic heterocycles. The minimum Gasteiger partial charge on any atom is -0.462 e. The number of nitrogen functional groups attached to an aromatic ring is 1. The Morgan fingerprint density at radius 3 is 2.65 bits per heavy atom. The molecular formula is C16H24N2O2. The van der Waals surface area contributed by atoms with Crippen LogP contribution < -0.4 is 10.6 Å². The van der Waals surface area contributed by atoms with Gasteiger partial charge in [0.1, 0.15) is 0 Å². The van der Waals surface area contributed by atoms with Crippen LogP contribution in [-0.4, -0.2) is 25.7 Å². The lowest BCUT2D eigenvalue weighted by Crippen LogP contribution is -2.34. The maximum absolute atomic E-state index is 11.8. The van der Waals surface area contributed by atoms with Crippen LogP contribution in [0.4, 0.5) is 11.4 Å². The molecule has 4 nitrogen and oxygen atoms in total. The Bertz CT molecular complexity index is 466. The quantitative estimate of drug-likeness (QED) is 0.678. The third-order valence-corrected chi connectivity index (χ3v) is 4.07. The molecule has 0 aromatic heterocycles. The summed E-state index contributed by atoms with van der Waals surface area (Å²) in [5.74, 6) is 0.540. The molecule has 0 aliphatic carbocycles. The van der Waals surface area contributed by atoms with Gasteiger partial charge in [0.2, 0.25) is 0 Å². The van der Waals surface area contributed by atoms with E-state index in [9.17, 15) is 4.79 Å². The molecule has 1 aromatic carbocycles. The Hall–Kier alpha value is -1.71. The van der Waals surface area contributed by atoms with E-state index in [-0.39, 0.29) is 5.97 Å². The van der Waals surface area contributed by atoms with Gasteiger partial charge in [-0.05, 0) is 43.9 Å². The maximum Gasteiger partial charge on any atom is 0.338 e. The van der Waals surface area contributed by atoms with E-state index in [0.29, 0.717) is 12.2 Å². The first-order chi connectivity index (χ1) is 9.65. The molecule has 0 amide bonds. The van der Waals surface area contributed by atoms with Crippen molar-refractivity contribution in [3.63, 3.8) is 0 Å². The van der Waals surface area contributed by atoms with Crippen molar-refractivity contribution in [2.24, 2.45) is 5.92 Å². The molecule has 0 saturated carbocycles. The summed E-state index contributed by atoms with van der Waals surface area (Å²) in [7, 11) is 0. The number of anilines is 2. The van der Waals surface area contributed by atoms with Gasteiger partial charge in [-0.15, -0.1) is 0 Å². The maximum atomic E-state index is 11.8. The number of carbonyl (C=O) groups excluding carboxylic acids is 1. The minimum absolute atomic E-state index is 0.280. The number of hydrogen-bond donors (Lipinski definition) is 1. The Morgan fingerprint density at radius 1 is 1.35 bits per heavy atom. The molecule has 0 unspecified atom stereocenters. The Kier molecular flexibility index (Phi) is 4.88. The molecule has 2 rings (SSSR count). The number of ether oxygens (including phenoxy) is 1. The summed E-state index contributed by atoms with van der Waals surface area (Å²) in [4.78, 5) is 14.1. The first kappa shape index (κ1) is 14.7. The predicted molar refractivity (Wildman–Crippen MR) is 82.0 cm³/mol. The number of nitrogens with two attached hydrogens (primary N) is 1. The summed E-state index contributed by atoms with van der Waals surface area (Å²) in [5, 5.41) is 0. The third-order valence-electron chi connectivity index (χ3n) is 4.07. The highest BCUT2D eigenvalue weighted by Crippen LogP contribution is 2.30. The lowest BCUT2D eigenvalue weighted by Gasteiger charge is -2.34. The highest BCUT2D eigenvalue weighted by Gasteiger charge is 2.20. The number of nitrogens with zero attached hydrogens (tertiary/aromatic N) is 1. The zero-order chi connectivity index (χ0) is 14.5. The van der Waals surface area contributed by atoms with Crippen molar-refractivity contribution in [2.45, 2.75) is 33.1 Å². The van der Waals surface area contributed by atoms with E-state index in [0.717, 1.165) is 30.4 Å². The molecule has 0 bridgehead atoms. The van der Waals surface area contributed by atoms with Crippen LogP contribution in [0.2, 0.25) is 0 Å². The molecule has 20 heavy (non-hydrogen) atoms. The van der Waals surface area contributed by atoms with Crippen molar-refractivity contribution in [3.05, 3.63) is 23.8 Å². The molecule has 0 atom stereocenters. The summed E-state index contributed by atoms with van der Waals surface area (Å²) >= 11 is 0. The van der Waals surface area contributed by atoms with Gasteiger partial charge in [-0.2, -0.15) is 0 Å². The van der Waals surface area contributed by atoms with Crippen molar-refractivity contribution < 1.29 is 9.53 Å². The molecule has 2 N–H and O–H groups in total. The first-order valence-corrected chi connectivity index (χ1v) is 7.47. The summed E-state index contributed by atoms with van der Waals surface area (Å²) in [5.41, 5.74) is 8.34. The lowest BCUT2D eigenvalue weighted by molar-refractivity contribution is 0.0526. The fourth-order valence-corrected chi connectivity index (χ4v) is 2.74. The molecule has 1 aliphatic rings. The summed E-state index contributed by atoms with van der Waals surface area (Å²) < 4.78 is 5.05. The molecule has 1 aromatic rings. The fourth-order valence-electron chi connectivity index (χ4n) is 2.74. The molecule has 1 fully saturated rings. The lowest BCUT2D eigenvalue weighted by atomic mass is 9.94. The average Bonchev–Trinajstić information content (AvgIpc) is 2.48. The SMILES string of the molecule is CCOC(=O)c1ccc(N)c(N2CCC(CC)CC2)c1. The largest absolute Gasteiger partial charge is 0.462 e. The van der Waals surface area contributed by atoms with Crippen LogP contribution in [0.15, 0.2) is 18.2 Å². The van der Waals surface area contributed by atoms with Crippen LogP contribution in [0, 0.1) is 5.92 Å². The summed E-state index contributed by atoms with van der Waals surface area (Å²) in [6, 6.07) is 5.39. The second-order valence-electron chi connectivity index (χ2n) is 5.33. The number of rotatable bonds is 4. The highest BCUT2D eigenvalue weighted by molar-refractivity contribution is 5.92. The first-order valence-electron chi connectivity index (χ1n) is 7.47. The number of hydrogen-bond acceptors (Lipinski definition) is 4. The van der Waals surface area contributed by atoms with Crippen molar-refractivity contribution in [1.29, 1.82) is 0 Å². The van der Waals surface area contributed by atoms with Crippen LogP contribution in [0.25, 0.3) is 0 Å². The van der Waals surface area contributed by atoms with Crippen LogP contribution in [0.1, 0.15) is 43.5 Å². The van der Waals surface area contributed by atoms with E-state index in [1.165, 1.54) is 19.3 Å². The molecule has 0 spiro atoms. The standard InChI is InChI=1S/C16H24N2O2/c1-3-12-7-9-18(10-8-12)15-11-13(5-6-14(15)17)16(19)20-4-2/h5-6,11-12H,3-4,7-10,17H2,1-2H3. The molecule has 1 heterocycles. The Morgan fingerprint density at radius 2 is 2.05 bits per heavy atom. The zero-order valence-corrected chi connectivity index (χ0v) is 12.4. The van der Waals surface area contributed by atoms with Crippen LogP contribution in [0.5, 0.6) is 0 Å². The van der Waals surface area contributed by atoms with Crippen LogP contribution in [0.3, 0.4) is 0 Å². The van der Waals surface area contributed by atoms with Crippen molar-refractivity contribution in [3.8, 4) is 0 Å². The summed E-state index contributed by atoms with van der Waals surface area (Å²) in [6.07, 6.45) is 3.63. The molecule has 0 radical (unpaired) electrons. The topological polar surface area (TPSA) is 55.6 Å². The molecule has 4 heteroatoms. The minimum atomic E-state index is -0.280. The average molecular weight is 276 g/mol. The van der Waals surface area contributed by atoms with Gasteiger partial charge in [-0.25, -0.2) is 4.79 Å². The Labute approximate surface area is 120 Å². The van der Waals surface area contributed by atoms with Gasteiger partial charge in [0.05, 0.1) is 23.5 Å². The highest BCUT2D eigenvalue weighted by atomic mass is 16.5. The van der Waals surface area contributed by atoms with Gasteiger partial charge < -0.3 is 15.4 Å². The van der Waals surface area contributed by atoms with Gasteiger partial charge in [-0.1, -0.05) is 13.3 Å². The molecule has 110 valence electrons. The normalized spacial score (nSPS) is 16.2. The van der Waals surface area contributed by atoms with Crippen molar-refractivity contribution >= 4 is 17.3 Å². The third kappa shape index (κ3) is 3.24. The Balaban J connectivity index is 2.15. The second kappa shape index (κ2) is 6.64. The van der Waals surface area contributed by atoms with Gasteiger partial charge in [0.15, 0.2) is 0 Å². The van der Waals surface area contributed by atoms with Gasteiger partial charge in [0, 0.05) is 13.1 Å². The number of esters is 1. The van der Waals surface area contributed by atoms with E-state index < -0.39 is 0 Å². The van der Waals surface area contributed by atoms with Crippen LogP contribution in [-0.2, 0) is 4.74 Å². The van der Waals surface area contributed by atoms with Crippen LogP contribution >= 0.6 is 0 Å². The van der Waals surface area contributed by atoms with Gasteiger partial charge in [-0.3, -0.25) is 0 Å². The van der Waals surface area contributed by atoms with E-state index in [2.05, 4.69) is 11.8 Å². The van der Waals surface area contributed by atoms with E-state index >= 15 is 0 Å². The number of piperidine rings is 1. The monoisotopic (exact) mass is 276 g/mol. The number of carbonyl (C=O) groups is 1. The van der Waals surface area contributed by atoms with Crippen molar-refractivity contribution in [1.82, 2.24) is 0 Å². The number of benzene rings is 1. The summed E-state index contributed by atoms with van der Waals surface area (Å²) in [6.45, 7) is 6.46. The smallest absolute Gasteiger partial charge is 0.338 e. The molecular weight excluding hydrogens is 252 g/mol. The van der Waals surface area contributed by atoms with E-state index in [1.807, 2.05) is 13.0 Å². The zero-order valence-electron chi connectivity index (χ0n) is 12.4. The van der Waals surface area contributed by atoms with E-state index in [1.54, 1.807) is 12.1 Å². The fraction of sp³-hybridized carbons (Fsp3) is 0.562. The second-order valence-corrected chi connectivity index (χ2v) is 5.33.